The summed E-state index contributed by atoms with van der Waals surface area (Å²) in [6.45, 7) is 4.37. The molecule has 0 aromatic heterocycles. The second-order valence-electron chi connectivity index (χ2n) is 3.66. The van der Waals surface area contributed by atoms with E-state index in [1.54, 1.807) is 19.2 Å². The van der Waals surface area contributed by atoms with E-state index in [0.29, 0.717) is 24.5 Å². The van der Waals surface area contributed by atoms with Crippen molar-refractivity contribution in [2.75, 3.05) is 13.7 Å². The average Bonchev–Trinajstić information content (AvgIpc) is 2.36. The number of carboxylic acids is 1. The van der Waals surface area contributed by atoms with Crippen LogP contribution in [0.2, 0.25) is 0 Å². The van der Waals surface area contributed by atoms with Crippen LogP contribution in [0, 0.1) is 0 Å². The Kier molecular flexibility index (Phi) is 5.24. The molecular formula is C14H18O4. The third-order valence-corrected chi connectivity index (χ3v) is 2.51. The number of hydrogen-bond acceptors (Lipinski definition) is 3. The van der Waals surface area contributed by atoms with Gasteiger partial charge in [-0.05, 0) is 36.6 Å². The molecule has 0 spiro atoms. The van der Waals surface area contributed by atoms with E-state index >= 15 is 0 Å². The summed E-state index contributed by atoms with van der Waals surface area (Å²) in [4.78, 5) is 10.7. The van der Waals surface area contributed by atoms with Gasteiger partial charge in [-0.3, -0.25) is 0 Å². The fourth-order valence-corrected chi connectivity index (χ4v) is 1.68. The Morgan fingerprint density at radius 3 is 2.56 bits per heavy atom. The van der Waals surface area contributed by atoms with E-state index in [1.165, 1.54) is 6.08 Å². The Balaban J connectivity index is 3.14. The van der Waals surface area contributed by atoms with Crippen LogP contribution in [0.4, 0.5) is 0 Å². The molecule has 18 heavy (non-hydrogen) atoms. The third kappa shape index (κ3) is 3.52. The van der Waals surface area contributed by atoms with Crippen molar-refractivity contribution in [3.8, 4) is 11.5 Å². The van der Waals surface area contributed by atoms with Crippen LogP contribution in [0.25, 0.3) is 5.57 Å². The Bertz CT molecular complexity index is 449. The molecule has 0 radical (unpaired) electrons. The molecule has 0 bridgehead atoms. The first kappa shape index (κ1) is 14.1. The molecule has 0 amide bonds. The Morgan fingerprint density at radius 1 is 1.33 bits per heavy atom. The van der Waals surface area contributed by atoms with Gasteiger partial charge in [0, 0.05) is 6.08 Å². The minimum absolute atomic E-state index is 0.557. The quantitative estimate of drug-likeness (QED) is 0.788. The van der Waals surface area contributed by atoms with Crippen LogP contribution in [-0.2, 0) is 4.79 Å². The van der Waals surface area contributed by atoms with E-state index < -0.39 is 5.97 Å². The minimum Gasteiger partial charge on any atom is -0.493 e. The fraction of sp³-hybridized carbons (Fsp3) is 0.357. The molecule has 4 nitrogen and oxygen atoms in total. The number of ether oxygens (including phenoxy) is 2. The van der Waals surface area contributed by atoms with Crippen LogP contribution < -0.4 is 9.47 Å². The summed E-state index contributed by atoms with van der Waals surface area (Å²) in [7, 11) is 1.56. The molecule has 1 N–H and O–H groups in total. The highest BCUT2D eigenvalue weighted by molar-refractivity contribution is 5.90. The molecule has 0 aliphatic carbocycles. The van der Waals surface area contributed by atoms with Crippen molar-refractivity contribution in [1.29, 1.82) is 0 Å². The van der Waals surface area contributed by atoms with E-state index in [2.05, 4.69) is 0 Å². The van der Waals surface area contributed by atoms with Gasteiger partial charge in [0.1, 0.15) is 0 Å². The Hall–Kier alpha value is -1.97. The van der Waals surface area contributed by atoms with Gasteiger partial charge in [0.05, 0.1) is 13.7 Å². The number of aliphatic carboxylic acids is 1. The van der Waals surface area contributed by atoms with Gasteiger partial charge in [0.15, 0.2) is 11.5 Å². The molecule has 0 aliphatic heterocycles. The topological polar surface area (TPSA) is 55.8 Å². The zero-order valence-corrected chi connectivity index (χ0v) is 10.9. The van der Waals surface area contributed by atoms with Gasteiger partial charge in [-0.25, -0.2) is 4.79 Å². The fourth-order valence-electron chi connectivity index (χ4n) is 1.68. The largest absolute Gasteiger partial charge is 0.493 e. The molecule has 98 valence electrons. The molecule has 0 fully saturated rings. The van der Waals surface area contributed by atoms with Crippen molar-refractivity contribution in [2.45, 2.75) is 20.3 Å². The maximum atomic E-state index is 10.7. The Morgan fingerprint density at radius 2 is 2.06 bits per heavy atom. The summed E-state index contributed by atoms with van der Waals surface area (Å²) in [5, 5.41) is 8.81. The molecule has 0 aliphatic rings. The molecule has 1 aromatic rings. The number of hydrogen-bond donors (Lipinski definition) is 1. The molecular weight excluding hydrogens is 232 g/mol. The standard InChI is InChI=1S/C14H18O4/c1-4-10(9-14(15)16)11-6-7-12(18-5-2)13(8-11)17-3/h6-9H,4-5H2,1-3H3,(H,15,16)/b10-9+. The summed E-state index contributed by atoms with van der Waals surface area (Å²) < 4.78 is 10.7. The predicted octanol–water partition coefficient (Wildman–Crippen LogP) is 2.97. The number of methoxy groups -OCH3 is 1. The van der Waals surface area contributed by atoms with Crippen LogP contribution >= 0.6 is 0 Å². The SMILES string of the molecule is CCOc1ccc(/C(=C/C(=O)O)CC)cc1OC. The van der Waals surface area contributed by atoms with E-state index in [4.69, 9.17) is 14.6 Å². The molecule has 1 rings (SSSR count). The van der Waals surface area contributed by atoms with Gasteiger partial charge >= 0.3 is 5.97 Å². The van der Waals surface area contributed by atoms with Gasteiger partial charge in [-0.15, -0.1) is 0 Å². The monoisotopic (exact) mass is 250 g/mol. The lowest BCUT2D eigenvalue weighted by molar-refractivity contribution is -0.131. The average molecular weight is 250 g/mol. The summed E-state index contributed by atoms with van der Waals surface area (Å²) in [5.74, 6) is 0.327. The van der Waals surface area contributed by atoms with Crippen LogP contribution in [0.15, 0.2) is 24.3 Å². The van der Waals surface area contributed by atoms with Crippen molar-refractivity contribution in [3.05, 3.63) is 29.8 Å². The lowest BCUT2D eigenvalue weighted by atomic mass is 10.0. The maximum absolute atomic E-state index is 10.7. The molecule has 0 saturated heterocycles. The van der Waals surface area contributed by atoms with Gasteiger partial charge in [0.25, 0.3) is 0 Å². The molecule has 1 aromatic carbocycles. The van der Waals surface area contributed by atoms with E-state index in [-0.39, 0.29) is 0 Å². The highest BCUT2D eigenvalue weighted by Crippen LogP contribution is 2.31. The highest BCUT2D eigenvalue weighted by Gasteiger charge is 2.08. The highest BCUT2D eigenvalue weighted by atomic mass is 16.5. The lowest BCUT2D eigenvalue weighted by Gasteiger charge is -2.12. The molecule has 0 saturated carbocycles. The third-order valence-electron chi connectivity index (χ3n) is 2.51. The van der Waals surface area contributed by atoms with Crippen molar-refractivity contribution < 1.29 is 19.4 Å². The van der Waals surface area contributed by atoms with Gasteiger partial charge in [-0.2, -0.15) is 0 Å². The number of carboxylic acid groups (broad SMARTS) is 1. The zero-order chi connectivity index (χ0) is 13.5. The number of carbonyl (C=O) groups is 1. The Labute approximate surface area is 107 Å². The molecule has 0 heterocycles. The minimum atomic E-state index is -0.945. The van der Waals surface area contributed by atoms with Crippen LogP contribution in [-0.4, -0.2) is 24.8 Å². The number of benzene rings is 1. The summed E-state index contributed by atoms with van der Waals surface area (Å²) in [6.07, 6.45) is 1.86. The predicted molar refractivity (Wildman–Crippen MR) is 70.1 cm³/mol. The van der Waals surface area contributed by atoms with Gasteiger partial charge in [0.2, 0.25) is 0 Å². The summed E-state index contributed by atoms with van der Waals surface area (Å²) in [5.41, 5.74) is 1.59. The second-order valence-corrected chi connectivity index (χ2v) is 3.66. The van der Waals surface area contributed by atoms with Crippen molar-refractivity contribution >= 4 is 11.5 Å². The first-order valence-corrected chi connectivity index (χ1v) is 5.87. The first-order valence-electron chi connectivity index (χ1n) is 5.87. The van der Waals surface area contributed by atoms with Crippen molar-refractivity contribution in [3.63, 3.8) is 0 Å². The van der Waals surface area contributed by atoms with Crippen molar-refractivity contribution in [2.24, 2.45) is 0 Å². The lowest BCUT2D eigenvalue weighted by Crippen LogP contribution is -1.97. The van der Waals surface area contributed by atoms with Crippen LogP contribution in [0.1, 0.15) is 25.8 Å². The summed E-state index contributed by atoms with van der Waals surface area (Å²) >= 11 is 0. The first-order chi connectivity index (χ1) is 8.62. The molecule has 4 heteroatoms. The molecule has 0 unspecified atom stereocenters. The zero-order valence-electron chi connectivity index (χ0n) is 10.9. The maximum Gasteiger partial charge on any atom is 0.328 e. The van der Waals surface area contributed by atoms with Crippen LogP contribution in [0.3, 0.4) is 0 Å². The van der Waals surface area contributed by atoms with Crippen molar-refractivity contribution in [1.82, 2.24) is 0 Å². The van der Waals surface area contributed by atoms with E-state index in [1.807, 2.05) is 19.9 Å². The van der Waals surface area contributed by atoms with Crippen LogP contribution in [0.5, 0.6) is 11.5 Å². The molecule has 0 atom stereocenters. The van der Waals surface area contributed by atoms with Gasteiger partial charge < -0.3 is 14.6 Å². The second kappa shape index (κ2) is 6.69. The number of rotatable bonds is 6. The normalized spacial score (nSPS) is 11.2. The van der Waals surface area contributed by atoms with E-state index in [0.717, 1.165) is 11.1 Å². The van der Waals surface area contributed by atoms with Gasteiger partial charge in [-0.1, -0.05) is 13.0 Å². The smallest absolute Gasteiger partial charge is 0.328 e. The van der Waals surface area contributed by atoms with E-state index in [9.17, 15) is 4.79 Å². The number of allylic oxidation sites excluding steroid dienone is 1. The summed E-state index contributed by atoms with van der Waals surface area (Å²) in [6, 6.07) is 5.43.